The van der Waals surface area contributed by atoms with E-state index in [0.717, 1.165) is 11.0 Å². The van der Waals surface area contributed by atoms with E-state index in [1.807, 2.05) is 0 Å². The van der Waals surface area contributed by atoms with Crippen molar-refractivity contribution in [2.45, 2.75) is 12.2 Å². The van der Waals surface area contributed by atoms with Gasteiger partial charge in [-0.3, -0.25) is 14.7 Å². The summed E-state index contributed by atoms with van der Waals surface area (Å²) in [5, 5.41) is 0. The number of guanidine groups is 1. The van der Waals surface area contributed by atoms with E-state index in [9.17, 15) is 13.6 Å². The molecule has 0 bridgehead atoms. The summed E-state index contributed by atoms with van der Waals surface area (Å²) in [6, 6.07) is 8.36. The van der Waals surface area contributed by atoms with E-state index in [1.54, 1.807) is 0 Å². The molecule has 0 aliphatic carbocycles. The zero-order valence-corrected chi connectivity index (χ0v) is 15.7. The molecule has 7 nitrogen and oxygen atoms in total. The monoisotopic (exact) mass is 412 g/mol. The van der Waals surface area contributed by atoms with Crippen LogP contribution in [-0.4, -0.2) is 38.8 Å². The van der Waals surface area contributed by atoms with E-state index in [1.165, 1.54) is 49.8 Å². The molecule has 1 aliphatic rings. The number of alkyl halides is 1. The predicted octanol–water partition coefficient (Wildman–Crippen LogP) is 2.32. The van der Waals surface area contributed by atoms with Crippen LogP contribution in [0, 0.1) is 11.9 Å². The van der Waals surface area contributed by atoms with Gasteiger partial charge < -0.3 is 5.73 Å². The Morgan fingerprint density at radius 3 is 2.47 bits per heavy atom. The molecule has 2 N–H and O–H groups in total. The van der Waals surface area contributed by atoms with Gasteiger partial charge in [0, 0.05) is 30.6 Å². The largest absolute Gasteiger partial charge is 0.369 e. The van der Waals surface area contributed by atoms with Crippen molar-refractivity contribution >= 4 is 11.9 Å². The number of hydrogen-bond donors (Lipinski definition) is 1. The summed E-state index contributed by atoms with van der Waals surface area (Å²) in [6.07, 6.45) is 1.55. The van der Waals surface area contributed by atoms with Crippen molar-refractivity contribution in [3.8, 4) is 11.1 Å². The van der Waals surface area contributed by atoms with Gasteiger partial charge >= 0.3 is 6.08 Å². The van der Waals surface area contributed by atoms with Crippen LogP contribution in [0.1, 0.15) is 17.0 Å². The summed E-state index contributed by atoms with van der Waals surface area (Å²) in [7, 11) is 1.40. The van der Waals surface area contributed by atoms with Crippen LogP contribution in [0.4, 0.5) is 13.2 Å². The number of pyridine rings is 1. The van der Waals surface area contributed by atoms with Gasteiger partial charge in [-0.1, -0.05) is 12.1 Å². The molecule has 3 heterocycles. The lowest BCUT2D eigenvalue weighted by Crippen LogP contribution is -2.42. The number of rotatable bonds is 4. The minimum Gasteiger partial charge on any atom is -0.369 e. The van der Waals surface area contributed by atoms with Crippen molar-refractivity contribution in [3.05, 3.63) is 77.6 Å². The topological polar surface area (TPSA) is 97.4 Å². The highest BCUT2D eigenvalue weighted by Gasteiger charge is 2.52. The molecule has 1 aliphatic heterocycles. The standard InChI is InChI=1S/C20H15F3N6O/c1-29-17(30)20(28-19(29)24,16-4-2-3-13(8-21)27-16)14-7-11(5-6-15(14)22)12-9-25-18(23)26-10-12/h2-7,9-10H,8H2,1H3,(H2,24,28). The van der Waals surface area contributed by atoms with Gasteiger partial charge in [0.25, 0.3) is 5.91 Å². The second-order valence-corrected chi connectivity index (χ2v) is 6.63. The van der Waals surface area contributed by atoms with Crippen molar-refractivity contribution in [2.24, 2.45) is 10.7 Å². The maximum absolute atomic E-state index is 15.1. The molecule has 1 amide bonds. The average Bonchev–Trinajstić information content (AvgIpc) is 2.99. The fourth-order valence-corrected chi connectivity index (χ4v) is 3.32. The first-order valence-corrected chi connectivity index (χ1v) is 8.80. The zero-order chi connectivity index (χ0) is 21.5. The molecule has 0 radical (unpaired) electrons. The summed E-state index contributed by atoms with van der Waals surface area (Å²) in [6.45, 7) is -0.872. The molecule has 3 aromatic rings. The highest BCUT2D eigenvalue weighted by atomic mass is 19.1. The van der Waals surface area contributed by atoms with Crippen molar-refractivity contribution in [1.29, 1.82) is 0 Å². The van der Waals surface area contributed by atoms with Gasteiger partial charge in [-0.05, 0) is 29.8 Å². The molecule has 1 unspecified atom stereocenters. The van der Waals surface area contributed by atoms with E-state index in [0.29, 0.717) is 11.1 Å². The third kappa shape index (κ3) is 2.97. The van der Waals surface area contributed by atoms with E-state index in [-0.39, 0.29) is 22.9 Å². The average molecular weight is 412 g/mol. The Balaban J connectivity index is 1.98. The lowest BCUT2D eigenvalue weighted by molar-refractivity contribution is -0.129. The highest BCUT2D eigenvalue weighted by Crippen LogP contribution is 2.41. The van der Waals surface area contributed by atoms with Crippen LogP contribution < -0.4 is 5.73 Å². The fraction of sp³-hybridized carbons (Fsp3) is 0.150. The predicted molar refractivity (Wildman–Crippen MR) is 102 cm³/mol. The van der Waals surface area contributed by atoms with Crippen LogP contribution in [0.3, 0.4) is 0 Å². The SMILES string of the molecule is CN1C(=O)C(c2cccc(CF)n2)(c2cc(-c3cnc(F)nc3)ccc2F)N=C1N. The van der Waals surface area contributed by atoms with Crippen LogP contribution in [0.5, 0.6) is 0 Å². The Morgan fingerprint density at radius 2 is 1.83 bits per heavy atom. The third-order valence-electron chi connectivity index (χ3n) is 4.86. The maximum atomic E-state index is 15.1. The lowest BCUT2D eigenvalue weighted by Gasteiger charge is -2.26. The molecule has 0 fully saturated rings. The smallest absolute Gasteiger partial charge is 0.308 e. The second kappa shape index (κ2) is 7.21. The first-order valence-electron chi connectivity index (χ1n) is 8.80. The molecule has 152 valence electrons. The molecule has 0 saturated heterocycles. The summed E-state index contributed by atoms with van der Waals surface area (Å²) in [5.41, 5.74) is 4.71. The number of amides is 1. The molecule has 1 atom stereocenters. The molecule has 0 saturated carbocycles. The number of hydrogen-bond acceptors (Lipinski definition) is 6. The van der Waals surface area contributed by atoms with Gasteiger partial charge in [0.2, 0.25) is 5.54 Å². The Morgan fingerprint density at radius 1 is 1.10 bits per heavy atom. The molecular formula is C20H15F3N6O. The molecule has 10 heteroatoms. The van der Waals surface area contributed by atoms with Crippen molar-refractivity contribution in [3.63, 3.8) is 0 Å². The number of nitrogens with two attached hydrogens (primary N) is 1. The van der Waals surface area contributed by atoms with E-state index in [2.05, 4.69) is 19.9 Å². The second-order valence-electron chi connectivity index (χ2n) is 6.63. The van der Waals surface area contributed by atoms with Gasteiger partial charge in [-0.2, -0.15) is 4.39 Å². The number of carbonyl (C=O) groups is 1. The number of halogens is 3. The molecular weight excluding hydrogens is 397 g/mol. The summed E-state index contributed by atoms with van der Waals surface area (Å²) < 4.78 is 41.4. The van der Waals surface area contributed by atoms with Crippen LogP contribution >= 0.6 is 0 Å². The summed E-state index contributed by atoms with van der Waals surface area (Å²) >= 11 is 0. The fourth-order valence-electron chi connectivity index (χ4n) is 3.32. The zero-order valence-electron chi connectivity index (χ0n) is 15.7. The number of aliphatic imine (C=N–C) groups is 1. The number of nitrogens with zero attached hydrogens (tertiary/aromatic N) is 5. The van der Waals surface area contributed by atoms with Gasteiger partial charge in [0.05, 0.1) is 11.4 Å². The number of likely N-dealkylation sites (N-methyl/N-ethyl adjacent to an activating group) is 1. The van der Waals surface area contributed by atoms with Crippen LogP contribution in [0.25, 0.3) is 11.1 Å². The summed E-state index contributed by atoms with van der Waals surface area (Å²) in [4.78, 5) is 29.7. The quantitative estimate of drug-likeness (QED) is 0.664. The molecule has 1 aromatic carbocycles. The molecule has 2 aromatic heterocycles. The van der Waals surface area contributed by atoms with Crippen LogP contribution in [0.2, 0.25) is 0 Å². The van der Waals surface area contributed by atoms with Gasteiger partial charge in [-0.25, -0.2) is 23.7 Å². The minimum atomic E-state index is -1.94. The Bertz CT molecular complexity index is 1170. The Labute approximate surface area is 169 Å². The van der Waals surface area contributed by atoms with Crippen LogP contribution in [-0.2, 0) is 17.0 Å². The lowest BCUT2D eigenvalue weighted by atomic mass is 9.84. The first kappa shape index (κ1) is 19.5. The first-order chi connectivity index (χ1) is 14.4. The van der Waals surface area contributed by atoms with Crippen LogP contribution in [0.15, 0.2) is 53.8 Å². The van der Waals surface area contributed by atoms with Gasteiger partial charge in [0.1, 0.15) is 12.5 Å². The van der Waals surface area contributed by atoms with E-state index in [4.69, 9.17) is 5.73 Å². The highest BCUT2D eigenvalue weighted by molar-refractivity contribution is 6.08. The van der Waals surface area contributed by atoms with Crippen molar-refractivity contribution in [1.82, 2.24) is 19.9 Å². The molecule has 4 rings (SSSR count). The number of carbonyl (C=O) groups excluding carboxylic acids is 1. The Kier molecular flexibility index (Phi) is 4.69. The maximum Gasteiger partial charge on any atom is 0.308 e. The summed E-state index contributed by atoms with van der Waals surface area (Å²) in [5.74, 6) is -1.52. The van der Waals surface area contributed by atoms with Gasteiger partial charge in [0.15, 0.2) is 5.96 Å². The third-order valence-corrected chi connectivity index (χ3v) is 4.86. The molecule has 30 heavy (non-hydrogen) atoms. The van der Waals surface area contributed by atoms with Gasteiger partial charge in [-0.15, -0.1) is 0 Å². The minimum absolute atomic E-state index is 0.0290. The van der Waals surface area contributed by atoms with E-state index >= 15 is 4.39 Å². The van der Waals surface area contributed by atoms with Crippen molar-refractivity contribution in [2.75, 3.05) is 7.05 Å². The van der Waals surface area contributed by atoms with E-state index < -0.39 is 30.0 Å². The number of aromatic nitrogens is 3. The molecule has 0 spiro atoms. The normalized spacial score (nSPS) is 18.6. The van der Waals surface area contributed by atoms with Crippen molar-refractivity contribution < 1.29 is 18.0 Å². The number of benzene rings is 1. The Hall–Kier alpha value is -3.82.